The second kappa shape index (κ2) is 14.0. The van der Waals surface area contributed by atoms with E-state index in [1.807, 2.05) is 39.4 Å². The van der Waals surface area contributed by atoms with Gasteiger partial charge in [-0.05, 0) is 25.3 Å². The van der Waals surface area contributed by atoms with Crippen LogP contribution in [0.25, 0.3) is 0 Å². The van der Waals surface area contributed by atoms with Gasteiger partial charge in [0.1, 0.15) is 11.8 Å². The van der Waals surface area contributed by atoms with E-state index in [-0.39, 0.29) is 12.1 Å². The van der Waals surface area contributed by atoms with Gasteiger partial charge in [-0.25, -0.2) is 9.24 Å². The summed E-state index contributed by atoms with van der Waals surface area (Å²) in [6, 6.07) is 0. The number of hydrogen-bond acceptors (Lipinski definition) is 6. The van der Waals surface area contributed by atoms with Crippen molar-refractivity contribution in [2.75, 3.05) is 24.3 Å². The molecule has 0 bridgehead atoms. The Morgan fingerprint density at radius 2 is 1.96 bits per heavy atom. The first-order valence-electron chi connectivity index (χ1n) is 8.60. The smallest absolute Gasteiger partial charge is 0.390 e. The largest absolute Gasteiger partial charge is 0.435 e. The molecule has 1 heterocycles. The first-order valence-corrected chi connectivity index (χ1v) is 12.1. The number of aryl methyl sites for hydroxylation is 1. The lowest BCUT2D eigenvalue weighted by Crippen LogP contribution is -2.22. The minimum Gasteiger partial charge on any atom is -0.390 e. The summed E-state index contributed by atoms with van der Waals surface area (Å²) in [5, 5.41) is 13.1. The molecule has 0 radical (unpaired) electrons. The number of nitrogens with two attached hydrogens (primary N) is 1. The fraction of sp³-hybridized carbons (Fsp3) is 0.800. The summed E-state index contributed by atoms with van der Waals surface area (Å²) in [6.07, 6.45) is 0.983. The predicted octanol–water partition coefficient (Wildman–Crippen LogP) is 4.75. The minimum absolute atomic E-state index is 0.128. The van der Waals surface area contributed by atoms with Crippen LogP contribution in [-0.4, -0.2) is 43.4 Å². The molecule has 11 heteroatoms. The fourth-order valence-electron chi connectivity index (χ4n) is 2.32. The second-order valence-electron chi connectivity index (χ2n) is 5.24. The van der Waals surface area contributed by atoms with Crippen LogP contribution in [0.1, 0.15) is 51.6 Å². The highest BCUT2D eigenvalue weighted by atomic mass is 79.9. The molecule has 26 heavy (non-hydrogen) atoms. The molecule has 1 aromatic heterocycles. The van der Waals surface area contributed by atoms with E-state index in [1.54, 1.807) is 4.57 Å². The lowest BCUT2D eigenvalue weighted by molar-refractivity contribution is -0.396. The van der Waals surface area contributed by atoms with Gasteiger partial charge in [0.25, 0.3) is 0 Å². The monoisotopic (exact) mass is 517 g/mol. The fourth-order valence-corrected chi connectivity index (χ4v) is 4.10. The van der Waals surface area contributed by atoms with E-state index in [9.17, 15) is 10.1 Å². The van der Waals surface area contributed by atoms with Crippen LogP contribution in [0.4, 0.5) is 5.95 Å². The molecule has 8 nitrogen and oxygen atoms in total. The van der Waals surface area contributed by atoms with Crippen molar-refractivity contribution in [2.45, 2.75) is 53.2 Å². The van der Waals surface area contributed by atoms with Gasteiger partial charge in [0, 0.05) is 23.6 Å². The van der Waals surface area contributed by atoms with Crippen LogP contribution in [0.5, 0.6) is 0 Å². The molecule has 1 rings (SSSR count). The van der Waals surface area contributed by atoms with Crippen molar-refractivity contribution < 1.29 is 9.45 Å². The average molecular weight is 519 g/mol. The van der Waals surface area contributed by atoms with E-state index in [2.05, 4.69) is 36.8 Å². The standard InChI is InChI=1S/C13H25BrN5O3P.C2H5Br/c1-5-10-12(18(7-3)13(16-10)19(20)21)11(6-2)22-23(15)17(4)9-8-14;1-2-3/h11H,5-9,15H2,1-4H3;2H2,1H3. The molecule has 0 aromatic carbocycles. The summed E-state index contributed by atoms with van der Waals surface area (Å²) in [5.41, 5.74) is 7.63. The number of nitrogens with zero attached hydrogens (tertiary/aromatic N) is 4. The summed E-state index contributed by atoms with van der Waals surface area (Å²) in [7, 11) is 0.638. The maximum Gasteiger partial charge on any atom is 0.435 e. The van der Waals surface area contributed by atoms with Crippen molar-refractivity contribution in [1.82, 2.24) is 14.2 Å². The Morgan fingerprint density at radius 1 is 1.38 bits per heavy atom. The van der Waals surface area contributed by atoms with Gasteiger partial charge in [0.15, 0.2) is 14.1 Å². The number of hydrogen-bond donors (Lipinski definition) is 1. The Balaban J connectivity index is 0.00000194. The third-order valence-corrected chi connectivity index (χ3v) is 5.23. The van der Waals surface area contributed by atoms with Gasteiger partial charge in [-0.15, -0.1) is 0 Å². The van der Waals surface area contributed by atoms with E-state index in [4.69, 9.17) is 10.0 Å². The SMILES string of the molecule is CCBr.CCc1nc([N+](=O)[O-])n(CC)c1C(CC)OP(N)N(C)CCBr. The molecular weight excluding hydrogens is 489 g/mol. The average Bonchev–Trinajstić information content (AvgIpc) is 2.99. The Kier molecular flexibility index (Phi) is 13.9. The van der Waals surface area contributed by atoms with Crippen LogP contribution in [0.15, 0.2) is 0 Å². The first-order chi connectivity index (χ1) is 12.3. The molecule has 0 aliphatic carbocycles. The van der Waals surface area contributed by atoms with Crippen LogP contribution in [0.2, 0.25) is 0 Å². The Hall–Kier alpha value is -0.120. The molecule has 0 amide bonds. The normalized spacial score (nSPS) is 13.3. The maximum atomic E-state index is 11.2. The Bertz CT molecular complexity index is 548. The highest BCUT2D eigenvalue weighted by molar-refractivity contribution is 9.09. The zero-order chi connectivity index (χ0) is 20.3. The predicted molar refractivity (Wildman–Crippen MR) is 115 cm³/mol. The molecule has 152 valence electrons. The van der Waals surface area contributed by atoms with Crippen molar-refractivity contribution in [3.63, 3.8) is 0 Å². The van der Waals surface area contributed by atoms with Gasteiger partial charge in [-0.3, -0.25) is 5.50 Å². The van der Waals surface area contributed by atoms with E-state index in [1.165, 1.54) is 0 Å². The summed E-state index contributed by atoms with van der Waals surface area (Å²) >= 11 is 6.53. The highest BCUT2D eigenvalue weighted by Crippen LogP contribution is 2.41. The molecule has 0 saturated carbocycles. The lowest BCUT2D eigenvalue weighted by Gasteiger charge is -2.26. The van der Waals surface area contributed by atoms with E-state index >= 15 is 0 Å². The van der Waals surface area contributed by atoms with Gasteiger partial charge >= 0.3 is 5.95 Å². The Morgan fingerprint density at radius 3 is 2.35 bits per heavy atom. The minimum atomic E-state index is -1.26. The molecule has 2 atom stereocenters. The summed E-state index contributed by atoms with van der Waals surface area (Å²) in [4.78, 5) is 15.0. The molecule has 0 spiro atoms. The summed E-state index contributed by atoms with van der Waals surface area (Å²) in [6.45, 7) is 9.07. The lowest BCUT2D eigenvalue weighted by atomic mass is 10.1. The highest BCUT2D eigenvalue weighted by Gasteiger charge is 2.32. The molecule has 1 aromatic rings. The number of alkyl halides is 2. The van der Waals surface area contributed by atoms with Crippen molar-refractivity contribution in [1.29, 1.82) is 0 Å². The van der Waals surface area contributed by atoms with Crippen LogP contribution >= 0.6 is 40.3 Å². The van der Waals surface area contributed by atoms with Gasteiger partial charge in [-0.1, -0.05) is 57.6 Å². The zero-order valence-corrected chi connectivity index (χ0v) is 20.2. The molecule has 2 N–H and O–H groups in total. The maximum absolute atomic E-state index is 11.2. The molecule has 2 unspecified atom stereocenters. The quantitative estimate of drug-likeness (QED) is 0.207. The third kappa shape index (κ3) is 7.48. The summed E-state index contributed by atoms with van der Waals surface area (Å²) < 4.78 is 9.61. The van der Waals surface area contributed by atoms with Crippen molar-refractivity contribution in [2.24, 2.45) is 5.50 Å². The number of halogens is 2. The molecule has 0 saturated heterocycles. The van der Waals surface area contributed by atoms with Crippen molar-refractivity contribution >= 4 is 46.3 Å². The molecule has 0 fully saturated rings. The molecule has 0 aliphatic rings. The van der Waals surface area contributed by atoms with Crippen molar-refractivity contribution in [3.05, 3.63) is 21.5 Å². The van der Waals surface area contributed by atoms with Crippen LogP contribution in [0.3, 0.4) is 0 Å². The molecular formula is C15H30Br2N5O3P. The van der Waals surface area contributed by atoms with Crippen LogP contribution < -0.4 is 5.50 Å². The number of rotatable bonds is 10. The topological polar surface area (TPSA) is 99.4 Å². The second-order valence-corrected chi connectivity index (χ2v) is 8.65. The number of imidazole rings is 1. The summed E-state index contributed by atoms with van der Waals surface area (Å²) in [5.74, 6) is -0.128. The van der Waals surface area contributed by atoms with Crippen molar-refractivity contribution in [3.8, 4) is 0 Å². The number of aromatic nitrogens is 2. The molecule has 0 aliphatic heterocycles. The third-order valence-electron chi connectivity index (χ3n) is 3.53. The van der Waals surface area contributed by atoms with E-state index < -0.39 is 13.4 Å². The zero-order valence-electron chi connectivity index (χ0n) is 16.1. The number of nitro groups is 1. The van der Waals surface area contributed by atoms with Gasteiger partial charge < -0.3 is 14.6 Å². The van der Waals surface area contributed by atoms with Gasteiger partial charge in [0.2, 0.25) is 0 Å². The first kappa shape index (κ1) is 25.9. The Labute approximate surface area is 174 Å². The van der Waals surface area contributed by atoms with Crippen LogP contribution in [0, 0.1) is 10.1 Å². The van der Waals surface area contributed by atoms with Crippen LogP contribution in [-0.2, 0) is 17.5 Å². The van der Waals surface area contributed by atoms with E-state index in [0.29, 0.717) is 25.1 Å². The van der Waals surface area contributed by atoms with Gasteiger partial charge in [-0.2, -0.15) is 0 Å². The van der Waals surface area contributed by atoms with Gasteiger partial charge in [0.05, 0.1) is 6.54 Å². The van der Waals surface area contributed by atoms with E-state index in [0.717, 1.165) is 22.9 Å².